The van der Waals surface area contributed by atoms with Crippen molar-refractivity contribution < 1.29 is 14.6 Å². The van der Waals surface area contributed by atoms with Gasteiger partial charge < -0.3 is 9.84 Å². The molecule has 0 saturated heterocycles. The van der Waals surface area contributed by atoms with E-state index in [-0.39, 0.29) is 5.75 Å². The van der Waals surface area contributed by atoms with Crippen LogP contribution in [0.15, 0.2) is 66.7 Å². The molecule has 0 radical (unpaired) electrons. The second-order valence-corrected chi connectivity index (χ2v) is 7.34. The number of benzene rings is 3. The Morgan fingerprint density at radius 2 is 1.39 bits per heavy atom. The van der Waals surface area contributed by atoms with E-state index >= 15 is 0 Å². The molecule has 0 aliphatic carbocycles. The molecule has 7 heteroatoms. The number of aromatic hydroxyl groups is 1. The van der Waals surface area contributed by atoms with Gasteiger partial charge in [-0.25, -0.2) is 19.7 Å². The zero-order valence-corrected chi connectivity index (χ0v) is 17.6. The van der Waals surface area contributed by atoms with E-state index in [2.05, 4.69) is 15.0 Å². The van der Waals surface area contributed by atoms with Gasteiger partial charge in [-0.2, -0.15) is 0 Å². The van der Waals surface area contributed by atoms with E-state index < -0.39 is 5.97 Å². The number of esters is 1. The first-order chi connectivity index (χ1) is 14.9. The standard InChI is InChI=1S/C24H18ClN3O3/c1-14-3-12-19(20(29)13-14)23-27-21(15-4-6-17(7-5-15)24(30)31-2)26-22(28-23)16-8-10-18(25)11-9-16/h3-13,29H,1-2H3. The zero-order valence-electron chi connectivity index (χ0n) is 16.8. The minimum Gasteiger partial charge on any atom is -0.507 e. The fraction of sp³-hybridized carbons (Fsp3) is 0.0833. The molecular weight excluding hydrogens is 414 g/mol. The van der Waals surface area contributed by atoms with Gasteiger partial charge in [0.25, 0.3) is 0 Å². The average molecular weight is 432 g/mol. The second kappa shape index (κ2) is 8.53. The molecule has 4 aromatic rings. The number of ether oxygens (including phenoxy) is 1. The predicted octanol–water partition coefficient (Wildman–Crippen LogP) is 5.33. The highest BCUT2D eigenvalue weighted by molar-refractivity contribution is 6.30. The largest absolute Gasteiger partial charge is 0.507 e. The highest BCUT2D eigenvalue weighted by Crippen LogP contribution is 2.30. The van der Waals surface area contributed by atoms with Gasteiger partial charge in [0.15, 0.2) is 17.5 Å². The molecule has 6 nitrogen and oxygen atoms in total. The Bertz CT molecular complexity index is 1260. The van der Waals surface area contributed by atoms with E-state index in [4.69, 9.17) is 16.3 Å². The van der Waals surface area contributed by atoms with Crippen molar-refractivity contribution >= 4 is 17.6 Å². The lowest BCUT2D eigenvalue weighted by Crippen LogP contribution is -2.02. The van der Waals surface area contributed by atoms with Crippen LogP contribution in [0.5, 0.6) is 5.75 Å². The normalized spacial score (nSPS) is 10.7. The number of nitrogens with zero attached hydrogens (tertiary/aromatic N) is 3. The summed E-state index contributed by atoms with van der Waals surface area (Å²) in [6.45, 7) is 1.89. The summed E-state index contributed by atoms with van der Waals surface area (Å²) in [5.74, 6) is 0.846. The van der Waals surface area contributed by atoms with E-state index in [0.717, 1.165) is 11.1 Å². The molecule has 0 aliphatic heterocycles. The Balaban J connectivity index is 1.87. The van der Waals surface area contributed by atoms with Gasteiger partial charge in [0.1, 0.15) is 5.75 Å². The summed E-state index contributed by atoms with van der Waals surface area (Å²) in [5.41, 5.74) is 3.29. The summed E-state index contributed by atoms with van der Waals surface area (Å²) >= 11 is 6.02. The summed E-state index contributed by atoms with van der Waals surface area (Å²) < 4.78 is 4.75. The third-order valence-electron chi connectivity index (χ3n) is 4.70. The molecule has 0 aliphatic rings. The van der Waals surface area contributed by atoms with Gasteiger partial charge in [-0.05, 0) is 61.0 Å². The smallest absolute Gasteiger partial charge is 0.337 e. The summed E-state index contributed by atoms with van der Waals surface area (Å²) in [5, 5.41) is 11.1. The van der Waals surface area contributed by atoms with Crippen molar-refractivity contribution in [2.45, 2.75) is 6.92 Å². The summed E-state index contributed by atoms with van der Waals surface area (Å²) in [7, 11) is 1.33. The quantitative estimate of drug-likeness (QED) is 0.440. The van der Waals surface area contributed by atoms with Crippen molar-refractivity contribution in [3.8, 4) is 39.9 Å². The third-order valence-corrected chi connectivity index (χ3v) is 4.95. The molecule has 0 spiro atoms. The lowest BCUT2D eigenvalue weighted by Gasteiger charge is -2.10. The van der Waals surface area contributed by atoms with Gasteiger partial charge in [0, 0.05) is 16.1 Å². The highest BCUT2D eigenvalue weighted by Gasteiger charge is 2.15. The number of hydrogen-bond donors (Lipinski definition) is 1. The zero-order chi connectivity index (χ0) is 22.0. The van der Waals surface area contributed by atoms with Gasteiger partial charge in [0.05, 0.1) is 18.2 Å². The van der Waals surface area contributed by atoms with Crippen molar-refractivity contribution in [3.63, 3.8) is 0 Å². The van der Waals surface area contributed by atoms with Crippen LogP contribution >= 0.6 is 11.6 Å². The minimum absolute atomic E-state index is 0.0836. The number of methoxy groups -OCH3 is 1. The molecule has 1 N–H and O–H groups in total. The van der Waals surface area contributed by atoms with Crippen molar-refractivity contribution in [2.75, 3.05) is 7.11 Å². The van der Waals surface area contributed by atoms with Crippen LogP contribution in [-0.2, 0) is 4.74 Å². The number of halogens is 1. The molecule has 31 heavy (non-hydrogen) atoms. The van der Waals surface area contributed by atoms with Gasteiger partial charge in [0.2, 0.25) is 0 Å². The maximum absolute atomic E-state index is 11.7. The van der Waals surface area contributed by atoms with Gasteiger partial charge in [-0.1, -0.05) is 29.8 Å². The molecule has 0 amide bonds. The summed E-state index contributed by atoms with van der Waals surface area (Å²) in [6, 6.07) is 19.3. The number of aryl methyl sites for hydroxylation is 1. The topological polar surface area (TPSA) is 85.2 Å². The van der Waals surface area contributed by atoms with Gasteiger partial charge >= 0.3 is 5.97 Å². The molecule has 0 atom stereocenters. The van der Waals surface area contributed by atoms with Crippen LogP contribution in [0.2, 0.25) is 5.02 Å². The number of phenolic OH excluding ortho intramolecular Hbond substituents is 1. The van der Waals surface area contributed by atoms with Crippen LogP contribution in [0, 0.1) is 6.92 Å². The second-order valence-electron chi connectivity index (χ2n) is 6.90. The lowest BCUT2D eigenvalue weighted by molar-refractivity contribution is 0.0600. The highest BCUT2D eigenvalue weighted by atomic mass is 35.5. The minimum atomic E-state index is -0.422. The first kappa shape index (κ1) is 20.5. The van der Waals surface area contributed by atoms with E-state index in [1.165, 1.54) is 7.11 Å². The molecule has 0 fully saturated rings. The Labute approximate surface area is 184 Å². The molecule has 0 unspecified atom stereocenters. The third kappa shape index (κ3) is 4.39. The van der Waals surface area contributed by atoms with Crippen LogP contribution in [0.25, 0.3) is 34.2 Å². The Kier molecular flexibility index (Phi) is 5.64. The van der Waals surface area contributed by atoms with Crippen molar-refractivity contribution in [1.82, 2.24) is 15.0 Å². The van der Waals surface area contributed by atoms with E-state index in [1.807, 2.05) is 25.1 Å². The van der Waals surface area contributed by atoms with Crippen LogP contribution in [0.4, 0.5) is 0 Å². The van der Waals surface area contributed by atoms with Crippen LogP contribution < -0.4 is 0 Å². The average Bonchev–Trinajstić information content (AvgIpc) is 2.79. The first-order valence-electron chi connectivity index (χ1n) is 9.45. The van der Waals surface area contributed by atoms with Gasteiger partial charge in [-0.3, -0.25) is 0 Å². The van der Waals surface area contributed by atoms with Crippen molar-refractivity contribution in [1.29, 1.82) is 0 Å². The van der Waals surface area contributed by atoms with Crippen molar-refractivity contribution in [2.24, 2.45) is 0 Å². The number of rotatable bonds is 4. The Hall–Kier alpha value is -3.77. The maximum atomic E-state index is 11.7. The SMILES string of the molecule is COC(=O)c1ccc(-c2nc(-c3ccc(Cl)cc3)nc(-c3ccc(C)cc3O)n2)cc1. The molecule has 1 aromatic heterocycles. The molecule has 154 valence electrons. The number of carbonyl (C=O) groups excluding carboxylic acids is 1. The number of carbonyl (C=O) groups is 1. The molecular formula is C24H18ClN3O3. The fourth-order valence-electron chi connectivity index (χ4n) is 3.06. The Morgan fingerprint density at radius 1 is 0.839 bits per heavy atom. The fourth-order valence-corrected chi connectivity index (χ4v) is 3.18. The maximum Gasteiger partial charge on any atom is 0.337 e. The van der Waals surface area contributed by atoms with Gasteiger partial charge in [-0.15, -0.1) is 0 Å². The Morgan fingerprint density at radius 3 is 1.94 bits per heavy atom. The molecule has 3 aromatic carbocycles. The molecule has 4 rings (SSSR count). The van der Waals surface area contributed by atoms with Crippen LogP contribution in [-0.4, -0.2) is 33.1 Å². The number of aromatic nitrogens is 3. The van der Waals surface area contributed by atoms with Crippen molar-refractivity contribution in [3.05, 3.63) is 82.9 Å². The molecule has 0 saturated carbocycles. The van der Waals surface area contributed by atoms with Crippen LogP contribution in [0.1, 0.15) is 15.9 Å². The van der Waals surface area contributed by atoms with Crippen LogP contribution in [0.3, 0.4) is 0 Å². The van der Waals surface area contributed by atoms with E-state index in [0.29, 0.717) is 39.2 Å². The first-order valence-corrected chi connectivity index (χ1v) is 9.83. The summed E-state index contributed by atoms with van der Waals surface area (Å²) in [6.07, 6.45) is 0. The monoisotopic (exact) mass is 431 g/mol. The molecule has 0 bridgehead atoms. The summed E-state index contributed by atoms with van der Waals surface area (Å²) in [4.78, 5) is 25.5. The molecule has 1 heterocycles. The predicted molar refractivity (Wildman–Crippen MR) is 119 cm³/mol. The number of hydrogen-bond acceptors (Lipinski definition) is 6. The van der Waals surface area contributed by atoms with E-state index in [9.17, 15) is 9.90 Å². The lowest BCUT2D eigenvalue weighted by atomic mass is 10.1. The van der Waals surface area contributed by atoms with E-state index in [1.54, 1.807) is 48.5 Å². The number of phenols is 1.